The molecule has 0 N–H and O–H groups in total. The average molecular weight is 2000 g/mol. The molecular formula is C130H192N4O4S4. The Bertz CT molecular complexity index is 4840. The van der Waals surface area contributed by atoms with Gasteiger partial charge in [0.1, 0.15) is 0 Å². The molecular weight excluding hydrogens is 1810 g/mol. The fourth-order valence-electron chi connectivity index (χ4n) is 22.7. The summed E-state index contributed by atoms with van der Waals surface area (Å²) in [4.78, 5) is 77.5. The number of anilines is 4. The van der Waals surface area contributed by atoms with E-state index < -0.39 is 0 Å². The Kier molecular flexibility index (Phi) is 51.7. The molecule has 12 rings (SSSR count). The maximum atomic E-state index is 15.4. The number of unbranched alkanes of at least 4 members (excludes halogenated alkanes) is 40. The zero-order valence-electron chi connectivity index (χ0n) is 92.0. The van der Waals surface area contributed by atoms with Crippen LogP contribution in [0.2, 0.25) is 0 Å². The number of carbonyl (C=O) groups is 4. The molecule has 4 aromatic carbocycles. The van der Waals surface area contributed by atoms with Gasteiger partial charge in [-0.05, 0) is 218 Å². The third-order valence-electron chi connectivity index (χ3n) is 32.2. The van der Waals surface area contributed by atoms with Gasteiger partial charge < -0.3 is 19.6 Å². The lowest BCUT2D eigenvalue weighted by Crippen LogP contribution is -2.34. The lowest BCUT2D eigenvalue weighted by atomic mass is 9.94. The Balaban J connectivity index is 0.000000271. The highest BCUT2D eigenvalue weighted by Gasteiger charge is 2.46. The molecule has 780 valence electrons. The monoisotopic (exact) mass is 2000 g/mol. The Morgan fingerprint density at radius 2 is 0.444 bits per heavy atom. The largest absolute Gasteiger partial charge is 0.307 e. The quantitative estimate of drug-likeness (QED) is 0.0281. The van der Waals surface area contributed by atoms with E-state index in [4.69, 9.17) is 0 Å². The predicted octanol–water partition coefficient (Wildman–Crippen LogP) is 40.8. The summed E-state index contributed by atoms with van der Waals surface area (Å²) >= 11 is 7.44. The molecule has 0 radical (unpaired) electrons. The predicted molar refractivity (Wildman–Crippen MR) is 627 cm³/mol. The van der Waals surface area contributed by atoms with Crippen LogP contribution in [-0.2, 0) is 44.9 Å². The Labute approximate surface area is 882 Å². The molecule has 4 aromatic heterocycles. The van der Waals surface area contributed by atoms with E-state index in [2.05, 4.69) is 224 Å². The molecule has 8 aromatic rings. The maximum Gasteiger partial charge on any atom is 0.259 e. The van der Waals surface area contributed by atoms with E-state index in [1.54, 1.807) is 0 Å². The van der Waals surface area contributed by atoms with Gasteiger partial charge in [-0.25, -0.2) is 0 Å². The molecule has 4 unspecified atom stereocenters. The fourth-order valence-corrected chi connectivity index (χ4v) is 26.7. The van der Waals surface area contributed by atoms with E-state index in [1.165, 1.54) is 331 Å². The van der Waals surface area contributed by atoms with Gasteiger partial charge in [-0.15, -0.1) is 45.3 Å². The number of fused-ring (bicyclic) bond motifs is 4. The van der Waals surface area contributed by atoms with Crippen LogP contribution in [0.25, 0.3) is 64.1 Å². The molecule has 4 amide bonds. The molecule has 0 spiro atoms. The van der Waals surface area contributed by atoms with Crippen LogP contribution >= 0.6 is 45.3 Å². The molecule has 8 nitrogen and oxygen atoms in total. The summed E-state index contributed by atoms with van der Waals surface area (Å²) in [7, 11) is 0. The van der Waals surface area contributed by atoms with Crippen LogP contribution in [0.15, 0.2) is 108 Å². The average Bonchev–Trinajstić information content (AvgIpc) is 1.57. The number of thiophene rings is 4. The smallest absolute Gasteiger partial charge is 0.259 e. The van der Waals surface area contributed by atoms with Gasteiger partial charge in [-0.3, -0.25) is 19.2 Å². The lowest BCUT2D eigenvalue weighted by molar-refractivity contribution is -0.114. The van der Waals surface area contributed by atoms with Crippen LogP contribution in [0.3, 0.4) is 0 Å². The second-order valence-electron chi connectivity index (χ2n) is 43.5. The summed E-state index contributed by atoms with van der Waals surface area (Å²) in [5.41, 5.74) is 20.4. The summed E-state index contributed by atoms with van der Waals surface area (Å²) in [6.07, 6.45) is 76.3. The van der Waals surface area contributed by atoms with E-state index in [9.17, 15) is 0 Å². The molecule has 12 heteroatoms. The van der Waals surface area contributed by atoms with Crippen LogP contribution in [0.1, 0.15) is 497 Å². The van der Waals surface area contributed by atoms with E-state index in [0.717, 1.165) is 173 Å². The van der Waals surface area contributed by atoms with Crippen LogP contribution in [-0.4, -0.2) is 49.8 Å². The number of benzene rings is 4. The minimum absolute atomic E-state index is 0.00939. The maximum absolute atomic E-state index is 15.4. The number of aryl methyl sites for hydroxylation is 6. The second-order valence-corrected chi connectivity index (χ2v) is 47.8. The first kappa shape index (κ1) is 115. The number of rotatable bonds is 72. The van der Waals surface area contributed by atoms with Crippen molar-refractivity contribution in [2.24, 2.45) is 23.7 Å². The van der Waals surface area contributed by atoms with Crippen LogP contribution < -0.4 is 19.6 Å². The first-order valence-corrected chi connectivity index (χ1v) is 62.6. The van der Waals surface area contributed by atoms with Crippen molar-refractivity contribution in [1.29, 1.82) is 0 Å². The van der Waals surface area contributed by atoms with Crippen molar-refractivity contribution in [3.8, 4) is 41.8 Å². The molecule has 4 aliphatic heterocycles. The normalized spacial score (nSPS) is 15.4. The van der Waals surface area contributed by atoms with Gasteiger partial charge in [0, 0.05) is 77.7 Å². The molecule has 142 heavy (non-hydrogen) atoms. The fraction of sp³-hybridized carbons (Fsp3) is 0.631. The van der Waals surface area contributed by atoms with Gasteiger partial charge in [-0.2, -0.15) is 0 Å². The van der Waals surface area contributed by atoms with Crippen molar-refractivity contribution in [3.63, 3.8) is 0 Å². The van der Waals surface area contributed by atoms with Gasteiger partial charge in [0.15, 0.2) is 0 Å². The number of hydrogen-bond acceptors (Lipinski definition) is 8. The Hall–Kier alpha value is -6.96. The Morgan fingerprint density at radius 3 is 0.669 bits per heavy atom. The van der Waals surface area contributed by atoms with Crippen molar-refractivity contribution in [2.45, 2.75) is 482 Å². The van der Waals surface area contributed by atoms with Gasteiger partial charge >= 0.3 is 0 Å². The van der Waals surface area contributed by atoms with E-state index in [1.807, 2.05) is 45.3 Å². The third kappa shape index (κ3) is 33.5. The minimum atomic E-state index is -0.0111. The van der Waals surface area contributed by atoms with Crippen LogP contribution in [0.4, 0.5) is 22.7 Å². The van der Waals surface area contributed by atoms with Gasteiger partial charge in [0.05, 0.1) is 45.0 Å². The van der Waals surface area contributed by atoms with E-state index >= 15 is 19.2 Å². The second kappa shape index (κ2) is 63.7. The topological polar surface area (TPSA) is 81.2 Å². The van der Waals surface area contributed by atoms with Crippen LogP contribution in [0.5, 0.6) is 0 Å². The zero-order valence-corrected chi connectivity index (χ0v) is 95.3. The molecule has 0 fully saturated rings. The minimum Gasteiger partial charge on any atom is -0.307 e. The number of amides is 4. The molecule has 8 heterocycles. The van der Waals surface area contributed by atoms with Gasteiger partial charge in [-0.1, -0.05) is 440 Å². The number of hydrogen-bond donors (Lipinski definition) is 0. The molecule has 4 atom stereocenters. The summed E-state index contributed by atoms with van der Waals surface area (Å²) < 4.78 is 0. The third-order valence-corrected chi connectivity index (χ3v) is 36.6. The highest BCUT2D eigenvalue weighted by Crippen LogP contribution is 2.54. The Morgan fingerprint density at radius 1 is 0.232 bits per heavy atom. The first-order valence-electron chi connectivity index (χ1n) is 59.2. The molecule has 4 aliphatic rings. The van der Waals surface area contributed by atoms with Crippen molar-refractivity contribution in [1.82, 2.24) is 0 Å². The van der Waals surface area contributed by atoms with E-state index in [0.29, 0.717) is 72.1 Å². The van der Waals surface area contributed by atoms with Gasteiger partial charge in [0.2, 0.25) is 0 Å². The van der Waals surface area contributed by atoms with Crippen molar-refractivity contribution < 1.29 is 19.2 Å². The van der Waals surface area contributed by atoms with Gasteiger partial charge in [0.25, 0.3) is 23.6 Å². The summed E-state index contributed by atoms with van der Waals surface area (Å²) in [6, 6.07) is 36.3. The summed E-state index contributed by atoms with van der Waals surface area (Å²) in [5, 5.41) is 4.70. The SMILES string of the molecule is CCCCCCCCCCCCc1cc(-c2ccc3c(c2)N(CC(CC)CCCC)C(=O)/C3=C2/C(=O)N(CC(CC)CCCC)c3cc(-c4cc(CCCCCCCCCCCC)c(C)s4)ccc32)sc1C.CCCCCCCCCCCCc1csc(-c2ccc3c(c2)N(CC(CC)CCCC)C(=O)/C3=C2/C(=O)N(CC(CC)CCCC)c3cc(-c4cc(CCCCCCCCCCCC)cs4)ccc32)c1. The summed E-state index contributed by atoms with van der Waals surface area (Å²) in [6.45, 7) is 34.5. The lowest BCUT2D eigenvalue weighted by Gasteiger charge is -2.24. The summed E-state index contributed by atoms with van der Waals surface area (Å²) in [5.74, 6) is 1.54. The molecule has 0 bridgehead atoms. The highest BCUT2D eigenvalue weighted by molar-refractivity contribution is 7.16. The molecule has 0 saturated heterocycles. The zero-order chi connectivity index (χ0) is 101. The first-order chi connectivity index (χ1) is 69.5. The highest BCUT2D eigenvalue weighted by atomic mass is 32.1. The number of nitrogens with zero attached hydrogens (tertiary/aromatic N) is 4. The van der Waals surface area contributed by atoms with Crippen LogP contribution in [0, 0.1) is 37.5 Å². The van der Waals surface area contributed by atoms with E-state index in [-0.39, 0.29) is 23.6 Å². The number of carbonyl (C=O) groups excluding carboxylic acids is 4. The van der Waals surface area contributed by atoms with Crippen molar-refractivity contribution in [3.05, 3.63) is 162 Å². The standard InChI is InChI=1S/C66H98N2O2S2.C64H94N2O2S2/c1-9-15-19-21-23-25-27-29-31-33-37-53-45-61(71-49(53)7)55-39-41-57-59(43-55)67(47-51(13-5)35-17-11-3)65(69)63(57)64-58-42-40-56(44-60(58)68(66(64)70)48-52(14-6)36-18-12-4)62-46-54(50(8)72-62)38-34-32-30-28-26-24-22-20-16-10-2;1-7-13-17-19-21-23-25-27-29-31-35-51-41-59(69-47-51)53-37-39-55-57(43-53)65(45-49(11-5)33-15-9-3)63(67)61(55)62-56-40-38-54(44-58(56)66(64(62)68)46-50(12-6)34-16-10-4)60-42-52(48-70-60)36-32-30-28-26-24-22-20-18-14-8-2/h39-46,51-52H,9-38,47-48H2,1-8H3;37-44,47-50H,7-36,45-46H2,1-6H3/b64-63+;62-61+. The molecule has 0 saturated carbocycles. The molecule has 0 aliphatic carbocycles. The van der Waals surface area contributed by atoms with Crippen molar-refractivity contribution >= 4 is 114 Å². The van der Waals surface area contributed by atoms with Crippen molar-refractivity contribution in [2.75, 3.05) is 45.8 Å².